The minimum absolute atomic E-state index is 0. The van der Waals surface area contributed by atoms with Crippen molar-refractivity contribution < 1.29 is 0 Å². The lowest BCUT2D eigenvalue weighted by atomic mass is 9.89. The highest BCUT2D eigenvalue weighted by atomic mass is 35.5. The summed E-state index contributed by atoms with van der Waals surface area (Å²) in [6.45, 7) is 5.52. The van der Waals surface area contributed by atoms with E-state index >= 15 is 0 Å². The summed E-state index contributed by atoms with van der Waals surface area (Å²) in [6.07, 6.45) is 40.7. The van der Waals surface area contributed by atoms with E-state index in [1.165, 1.54) is 180 Å². The number of rotatable bonds is 29. The Morgan fingerprint density at radius 2 is 0.588 bits per heavy atom. The molecule has 1 nitrogen and oxygen atoms in total. The molecular formula is C32H68ClN. The first-order chi connectivity index (χ1) is 16.3. The molecule has 0 atom stereocenters. The number of unbranched alkanes of at least 4 members (excludes halogenated alkanes) is 22. The summed E-state index contributed by atoms with van der Waals surface area (Å²) < 4.78 is 0. The van der Waals surface area contributed by atoms with Crippen molar-refractivity contribution in [3.05, 3.63) is 0 Å². The summed E-state index contributed by atoms with van der Waals surface area (Å²) in [5, 5.41) is 0. The molecule has 0 unspecified atom stereocenters. The van der Waals surface area contributed by atoms with Gasteiger partial charge >= 0.3 is 0 Å². The molecule has 0 amide bonds. The Morgan fingerprint density at radius 3 is 0.853 bits per heavy atom. The third-order valence-electron chi connectivity index (χ3n) is 7.75. The van der Waals surface area contributed by atoms with E-state index in [0.717, 1.165) is 12.5 Å². The van der Waals surface area contributed by atoms with Crippen LogP contribution in [0.25, 0.3) is 0 Å². The van der Waals surface area contributed by atoms with Gasteiger partial charge in [0, 0.05) is 0 Å². The Balaban J connectivity index is 0. The highest BCUT2D eigenvalue weighted by Gasteiger charge is 2.08. The van der Waals surface area contributed by atoms with Crippen LogP contribution in [0.1, 0.15) is 194 Å². The van der Waals surface area contributed by atoms with Crippen molar-refractivity contribution in [3.8, 4) is 0 Å². The van der Waals surface area contributed by atoms with Crippen molar-refractivity contribution >= 4 is 12.4 Å². The molecule has 208 valence electrons. The maximum atomic E-state index is 5.56. The molecule has 0 aromatic heterocycles. The summed E-state index contributed by atoms with van der Waals surface area (Å²) in [5.74, 6) is 1.03. The molecule has 34 heavy (non-hydrogen) atoms. The smallest absolute Gasteiger partial charge is 0.00773 e. The van der Waals surface area contributed by atoms with Crippen LogP contribution >= 0.6 is 12.4 Å². The Hall–Kier alpha value is 0.250. The number of nitrogens with two attached hydrogens (primary N) is 1. The molecule has 0 heterocycles. The Morgan fingerprint density at radius 1 is 0.353 bits per heavy atom. The zero-order valence-electron chi connectivity index (χ0n) is 24.1. The van der Waals surface area contributed by atoms with Crippen molar-refractivity contribution in [2.24, 2.45) is 11.7 Å². The van der Waals surface area contributed by atoms with E-state index in [1.807, 2.05) is 0 Å². The molecule has 0 saturated heterocycles. The van der Waals surface area contributed by atoms with E-state index in [9.17, 15) is 0 Å². The zero-order chi connectivity index (χ0) is 24.1. The fourth-order valence-corrected chi connectivity index (χ4v) is 5.38. The lowest BCUT2D eigenvalue weighted by Crippen LogP contribution is -2.01. The van der Waals surface area contributed by atoms with Gasteiger partial charge in [0.1, 0.15) is 0 Å². The second-order valence-electron chi connectivity index (χ2n) is 11.2. The third kappa shape index (κ3) is 30.3. The topological polar surface area (TPSA) is 26.0 Å². The van der Waals surface area contributed by atoms with Crippen LogP contribution in [0, 0.1) is 5.92 Å². The summed E-state index contributed by atoms with van der Waals surface area (Å²) in [6, 6.07) is 0. The van der Waals surface area contributed by atoms with Gasteiger partial charge in [0.2, 0.25) is 0 Å². The predicted octanol–water partition coefficient (Wildman–Crippen LogP) is 11.9. The van der Waals surface area contributed by atoms with Gasteiger partial charge in [-0.2, -0.15) is 0 Å². The van der Waals surface area contributed by atoms with Crippen molar-refractivity contribution in [2.45, 2.75) is 194 Å². The Bertz CT molecular complexity index is 317. The van der Waals surface area contributed by atoms with Crippen molar-refractivity contribution in [1.29, 1.82) is 0 Å². The van der Waals surface area contributed by atoms with Crippen LogP contribution in [0.15, 0.2) is 0 Å². The quantitative estimate of drug-likeness (QED) is 0.101. The number of halogens is 1. The molecule has 0 rings (SSSR count). The summed E-state index contributed by atoms with van der Waals surface area (Å²) in [7, 11) is 0. The van der Waals surface area contributed by atoms with E-state index in [4.69, 9.17) is 5.73 Å². The van der Waals surface area contributed by atoms with Crippen molar-refractivity contribution in [1.82, 2.24) is 0 Å². The minimum Gasteiger partial charge on any atom is -0.330 e. The van der Waals surface area contributed by atoms with Crippen LogP contribution in [0.5, 0.6) is 0 Å². The Labute approximate surface area is 224 Å². The molecule has 0 aliphatic heterocycles. The maximum Gasteiger partial charge on any atom is -0.00773 e. The van der Waals surface area contributed by atoms with Gasteiger partial charge in [-0.25, -0.2) is 0 Å². The van der Waals surface area contributed by atoms with E-state index in [2.05, 4.69) is 13.8 Å². The molecular weight excluding hydrogens is 434 g/mol. The van der Waals surface area contributed by atoms with Gasteiger partial charge in [-0.3, -0.25) is 0 Å². The van der Waals surface area contributed by atoms with Crippen molar-refractivity contribution in [3.63, 3.8) is 0 Å². The molecule has 0 fully saturated rings. The monoisotopic (exact) mass is 502 g/mol. The first-order valence-electron chi connectivity index (χ1n) is 16.0. The fourth-order valence-electron chi connectivity index (χ4n) is 5.38. The maximum absolute atomic E-state index is 5.56. The van der Waals surface area contributed by atoms with Gasteiger partial charge in [-0.1, -0.05) is 187 Å². The van der Waals surface area contributed by atoms with E-state index < -0.39 is 0 Å². The van der Waals surface area contributed by atoms with Crippen LogP contribution in [-0.4, -0.2) is 6.54 Å². The molecule has 0 bridgehead atoms. The largest absolute Gasteiger partial charge is 0.330 e. The normalized spacial score (nSPS) is 11.3. The number of hydrogen-bond donors (Lipinski definition) is 1. The lowest BCUT2D eigenvalue weighted by molar-refractivity contribution is 0.365. The highest BCUT2D eigenvalue weighted by molar-refractivity contribution is 5.85. The molecule has 0 radical (unpaired) electrons. The highest BCUT2D eigenvalue weighted by Crippen LogP contribution is 2.25. The van der Waals surface area contributed by atoms with Crippen LogP contribution in [0.2, 0.25) is 0 Å². The molecule has 2 N–H and O–H groups in total. The summed E-state index contributed by atoms with van der Waals surface area (Å²) in [5.41, 5.74) is 5.56. The molecule has 0 spiro atoms. The lowest BCUT2D eigenvalue weighted by Gasteiger charge is -2.17. The van der Waals surface area contributed by atoms with Crippen LogP contribution in [0.4, 0.5) is 0 Å². The average molecular weight is 502 g/mol. The zero-order valence-corrected chi connectivity index (χ0v) is 24.9. The molecule has 2 heteroatoms. The molecule has 0 aromatic rings. The van der Waals surface area contributed by atoms with E-state index in [0.29, 0.717) is 0 Å². The van der Waals surface area contributed by atoms with Crippen LogP contribution < -0.4 is 5.73 Å². The minimum atomic E-state index is 0. The van der Waals surface area contributed by atoms with Gasteiger partial charge in [0.15, 0.2) is 0 Å². The SMILES string of the molecule is CCCCCCCCC(CCCCCCCC)CCCCCCCCCCCCCCCN.Cl. The second-order valence-corrected chi connectivity index (χ2v) is 11.2. The second kappa shape index (κ2) is 33.2. The molecule has 0 aliphatic carbocycles. The van der Waals surface area contributed by atoms with E-state index in [-0.39, 0.29) is 12.4 Å². The molecule has 0 saturated carbocycles. The predicted molar refractivity (Wildman–Crippen MR) is 160 cm³/mol. The standard InChI is InChI=1S/C32H67N.ClH/c1-3-5-7-9-20-24-28-32(29-25-21-10-8-6-4-2)30-26-22-18-16-14-12-11-13-15-17-19-23-27-31-33;/h32H,3-31,33H2,1-2H3;1H. The fraction of sp³-hybridized carbons (Fsp3) is 1.00. The average Bonchev–Trinajstić information content (AvgIpc) is 2.83. The van der Waals surface area contributed by atoms with Crippen molar-refractivity contribution in [2.75, 3.05) is 6.54 Å². The molecule has 0 aliphatic rings. The van der Waals surface area contributed by atoms with E-state index in [1.54, 1.807) is 0 Å². The first kappa shape index (κ1) is 36.4. The first-order valence-corrected chi connectivity index (χ1v) is 16.0. The summed E-state index contributed by atoms with van der Waals surface area (Å²) >= 11 is 0. The van der Waals surface area contributed by atoms with Gasteiger partial charge in [0.25, 0.3) is 0 Å². The van der Waals surface area contributed by atoms with Crippen LogP contribution in [-0.2, 0) is 0 Å². The Kier molecular flexibility index (Phi) is 35.6. The number of hydrogen-bond acceptors (Lipinski definition) is 1. The third-order valence-corrected chi connectivity index (χ3v) is 7.75. The van der Waals surface area contributed by atoms with Gasteiger partial charge < -0.3 is 5.73 Å². The molecule has 0 aromatic carbocycles. The van der Waals surface area contributed by atoms with Gasteiger partial charge in [-0.05, 0) is 18.9 Å². The van der Waals surface area contributed by atoms with Crippen LogP contribution in [0.3, 0.4) is 0 Å². The van der Waals surface area contributed by atoms with Gasteiger partial charge in [0.05, 0.1) is 0 Å². The van der Waals surface area contributed by atoms with Gasteiger partial charge in [-0.15, -0.1) is 12.4 Å². The summed E-state index contributed by atoms with van der Waals surface area (Å²) in [4.78, 5) is 0.